The molecule has 5 nitrogen and oxygen atoms in total. The van der Waals surface area contributed by atoms with E-state index in [2.05, 4.69) is 24.3 Å². The first kappa shape index (κ1) is 16.7. The molecule has 0 fully saturated rings. The molecule has 0 bridgehead atoms. The predicted molar refractivity (Wildman–Crippen MR) is 89.9 cm³/mol. The van der Waals surface area contributed by atoms with Gasteiger partial charge in [-0.1, -0.05) is 33.3 Å². The van der Waals surface area contributed by atoms with Crippen molar-refractivity contribution < 1.29 is 9.90 Å². The first-order valence-electron chi connectivity index (χ1n) is 7.60. The maximum absolute atomic E-state index is 12.4. The number of hydrogen-bond acceptors (Lipinski definition) is 4. The summed E-state index contributed by atoms with van der Waals surface area (Å²) in [6.45, 7) is 6.44. The largest absolute Gasteiger partial charge is 0.394 e. The van der Waals surface area contributed by atoms with E-state index in [4.69, 9.17) is 0 Å². The summed E-state index contributed by atoms with van der Waals surface area (Å²) in [6, 6.07) is 5.82. The van der Waals surface area contributed by atoms with Gasteiger partial charge in [-0.2, -0.15) is 5.10 Å². The topological polar surface area (TPSA) is 67.2 Å². The molecular weight excluding hydrogens is 298 g/mol. The van der Waals surface area contributed by atoms with E-state index >= 15 is 0 Å². The van der Waals surface area contributed by atoms with E-state index in [0.717, 1.165) is 17.0 Å². The Bertz CT molecular complexity index is 607. The molecule has 0 radical (unpaired) electrons. The number of nitrogens with zero attached hydrogens (tertiary/aromatic N) is 2. The number of anilines is 1. The highest BCUT2D eigenvalue weighted by Crippen LogP contribution is 2.26. The lowest BCUT2D eigenvalue weighted by molar-refractivity contribution is -0.120. The zero-order valence-corrected chi connectivity index (χ0v) is 14.1. The van der Waals surface area contributed by atoms with Crippen molar-refractivity contribution in [1.29, 1.82) is 0 Å². The van der Waals surface area contributed by atoms with Gasteiger partial charge < -0.3 is 10.4 Å². The number of amides is 1. The predicted octanol–water partition coefficient (Wildman–Crippen LogP) is 3.22. The summed E-state index contributed by atoms with van der Waals surface area (Å²) in [5, 5.41) is 18.6. The quantitative estimate of drug-likeness (QED) is 0.823. The third-order valence-electron chi connectivity index (χ3n) is 4.03. The molecule has 0 aliphatic carbocycles. The molecule has 0 spiro atoms. The first-order chi connectivity index (χ1) is 10.6. The van der Waals surface area contributed by atoms with Crippen LogP contribution in [0.4, 0.5) is 5.82 Å². The monoisotopic (exact) mass is 321 g/mol. The van der Waals surface area contributed by atoms with Crippen molar-refractivity contribution in [3.63, 3.8) is 0 Å². The summed E-state index contributed by atoms with van der Waals surface area (Å²) in [7, 11) is 0. The minimum Gasteiger partial charge on any atom is -0.394 e. The van der Waals surface area contributed by atoms with Crippen LogP contribution in [-0.4, -0.2) is 27.4 Å². The summed E-state index contributed by atoms with van der Waals surface area (Å²) >= 11 is 1.60. The average molecular weight is 321 g/mol. The molecule has 0 aliphatic heterocycles. The second kappa shape index (κ2) is 7.56. The van der Waals surface area contributed by atoms with Gasteiger partial charge in [-0.05, 0) is 17.4 Å². The number of hydrogen-bond donors (Lipinski definition) is 2. The second-order valence-corrected chi connectivity index (χ2v) is 6.45. The van der Waals surface area contributed by atoms with Crippen LogP contribution in [0.25, 0.3) is 10.6 Å². The fourth-order valence-corrected chi connectivity index (χ4v) is 2.86. The van der Waals surface area contributed by atoms with Crippen LogP contribution in [0.5, 0.6) is 0 Å². The first-order valence-corrected chi connectivity index (χ1v) is 8.48. The van der Waals surface area contributed by atoms with E-state index < -0.39 is 0 Å². The zero-order valence-electron chi connectivity index (χ0n) is 13.2. The maximum atomic E-state index is 12.4. The molecule has 22 heavy (non-hydrogen) atoms. The van der Waals surface area contributed by atoms with Gasteiger partial charge >= 0.3 is 0 Å². The number of nitrogens with one attached hydrogen (secondary N) is 1. The molecule has 6 heteroatoms. The number of aliphatic hydroxyl groups is 1. The zero-order chi connectivity index (χ0) is 16.1. The van der Waals surface area contributed by atoms with Crippen molar-refractivity contribution in [2.24, 2.45) is 11.8 Å². The van der Waals surface area contributed by atoms with Crippen LogP contribution in [0.2, 0.25) is 0 Å². The van der Waals surface area contributed by atoms with Crippen LogP contribution in [-0.2, 0) is 11.3 Å². The summed E-state index contributed by atoms with van der Waals surface area (Å²) in [5.41, 5.74) is 0.815. The minimum absolute atomic E-state index is 0.00818. The van der Waals surface area contributed by atoms with Gasteiger partial charge in [0, 0.05) is 12.0 Å². The summed E-state index contributed by atoms with van der Waals surface area (Å²) in [6.07, 6.45) is 0.963. The van der Waals surface area contributed by atoms with E-state index in [9.17, 15) is 9.90 Å². The molecule has 2 aromatic rings. The van der Waals surface area contributed by atoms with Gasteiger partial charge in [-0.15, -0.1) is 11.3 Å². The highest BCUT2D eigenvalue weighted by atomic mass is 32.1. The van der Waals surface area contributed by atoms with Gasteiger partial charge in [0.1, 0.15) is 11.5 Å². The van der Waals surface area contributed by atoms with Gasteiger partial charge in [0.05, 0.1) is 18.0 Å². The Hall–Kier alpha value is -1.66. The Morgan fingerprint density at radius 1 is 1.50 bits per heavy atom. The lowest BCUT2D eigenvalue weighted by Crippen LogP contribution is -2.26. The van der Waals surface area contributed by atoms with E-state index in [-0.39, 0.29) is 18.4 Å². The fraction of sp³-hybridized carbons (Fsp3) is 0.500. The molecule has 2 atom stereocenters. The van der Waals surface area contributed by atoms with Crippen molar-refractivity contribution >= 4 is 23.1 Å². The SMILES string of the molecule is CCC(C)C(C)C(=O)Nc1cc(-c2cccs2)nn1CCO. The standard InChI is InChI=1S/C16H23N3O2S/c1-4-11(2)12(3)16(21)17-15-10-13(14-6-5-9-22-14)18-19(15)7-8-20/h5-6,9-12,20H,4,7-8H2,1-3H3,(H,17,21). The second-order valence-electron chi connectivity index (χ2n) is 5.50. The molecule has 2 N–H and O–H groups in total. The van der Waals surface area contributed by atoms with E-state index in [0.29, 0.717) is 18.3 Å². The molecule has 0 saturated heterocycles. The number of carbonyl (C=O) groups excluding carboxylic acids is 1. The Labute approximate surface area is 135 Å². The van der Waals surface area contributed by atoms with Crippen LogP contribution in [0.3, 0.4) is 0 Å². The average Bonchev–Trinajstić information content (AvgIpc) is 3.16. The lowest BCUT2D eigenvalue weighted by atomic mass is 9.93. The van der Waals surface area contributed by atoms with Gasteiger partial charge in [0.2, 0.25) is 5.91 Å². The third-order valence-corrected chi connectivity index (χ3v) is 4.92. The number of carbonyl (C=O) groups is 1. The van der Waals surface area contributed by atoms with E-state index in [1.165, 1.54) is 0 Å². The van der Waals surface area contributed by atoms with Crippen molar-refractivity contribution in [2.75, 3.05) is 11.9 Å². The number of thiophene rings is 1. The van der Waals surface area contributed by atoms with Crippen molar-refractivity contribution in [3.8, 4) is 10.6 Å². The van der Waals surface area contributed by atoms with Crippen molar-refractivity contribution in [2.45, 2.75) is 33.7 Å². The Morgan fingerprint density at radius 2 is 2.27 bits per heavy atom. The Balaban J connectivity index is 2.20. The van der Waals surface area contributed by atoms with Crippen LogP contribution < -0.4 is 5.32 Å². The lowest BCUT2D eigenvalue weighted by Gasteiger charge is -2.18. The molecule has 0 saturated carbocycles. The molecular formula is C16H23N3O2S. The highest BCUT2D eigenvalue weighted by Gasteiger charge is 2.21. The minimum atomic E-state index is -0.0623. The van der Waals surface area contributed by atoms with Crippen LogP contribution in [0.1, 0.15) is 27.2 Å². The number of rotatable bonds is 7. The molecule has 120 valence electrons. The van der Waals surface area contributed by atoms with Crippen LogP contribution in [0, 0.1) is 11.8 Å². The van der Waals surface area contributed by atoms with Gasteiger partial charge in [0.15, 0.2) is 0 Å². The van der Waals surface area contributed by atoms with Gasteiger partial charge in [-0.25, -0.2) is 4.68 Å². The fourth-order valence-electron chi connectivity index (χ4n) is 2.18. The maximum Gasteiger partial charge on any atom is 0.228 e. The van der Waals surface area contributed by atoms with E-state index in [1.807, 2.05) is 30.5 Å². The Morgan fingerprint density at radius 3 is 2.86 bits per heavy atom. The molecule has 2 heterocycles. The third kappa shape index (κ3) is 3.75. The van der Waals surface area contributed by atoms with Gasteiger partial charge in [0.25, 0.3) is 0 Å². The van der Waals surface area contributed by atoms with Crippen LogP contribution >= 0.6 is 11.3 Å². The normalized spacial score (nSPS) is 13.8. The van der Waals surface area contributed by atoms with Crippen LogP contribution in [0.15, 0.2) is 23.6 Å². The Kier molecular flexibility index (Phi) is 5.74. The number of aromatic nitrogens is 2. The highest BCUT2D eigenvalue weighted by molar-refractivity contribution is 7.13. The molecule has 2 unspecified atom stereocenters. The molecule has 2 rings (SSSR count). The molecule has 2 aromatic heterocycles. The molecule has 0 aromatic carbocycles. The smallest absolute Gasteiger partial charge is 0.228 e. The number of aliphatic hydroxyl groups excluding tert-OH is 1. The summed E-state index contributed by atoms with van der Waals surface area (Å²) < 4.78 is 1.65. The van der Waals surface area contributed by atoms with E-state index in [1.54, 1.807) is 16.0 Å². The van der Waals surface area contributed by atoms with Gasteiger partial charge in [-0.3, -0.25) is 4.79 Å². The van der Waals surface area contributed by atoms with Crippen molar-refractivity contribution in [3.05, 3.63) is 23.6 Å². The molecule has 0 aliphatic rings. The molecule has 1 amide bonds. The summed E-state index contributed by atoms with van der Waals surface area (Å²) in [4.78, 5) is 13.4. The summed E-state index contributed by atoms with van der Waals surface area (Å²) in [5.74, 6) is 0.891. The van der Waals surface area contributed by atoms with Crippen molar-refractivity contribution in [1.82, 2.24) is 9.78 Å².